The normalized spacial score (nSPS) is 12.5. The lowest BCUT2D eigenvalue weighted by Crippen LogP contribution is -2.19. The fourth-order valence-corrected chi connectivity index (χ4v) is 2.14. The minimum atomic E-state index is -0.409. The van der Waals surface area contributed by atoms with Gasteiger partial charge in [-0.1, -0.05) is 0 Å². The van der Waals surface area contributed by atoms with Gasteiger partial charge in [0, 0.05) is 17.1 Å². The van der Waals surface area contributed by atoms with Gasteiger partial charge in [-0.3, -0.25) is 14.9 Å². The van der Waals surface area contributed by atoms with Crippen LogP contribution in [0.15, 0.2) is 36.4 Å². The van der Waals surface area contributed by atoms with Gasteiger partial charge in [-0.25, -0.2) is 0 Å². The van der Waals surface area contributed by atoms with Gasteiger partial charge in [0.1, 0.15) is 6.07 Å². The summed E-state index contributed by atoms with van der Waals surface area (Å²) in [5, 5.41) is 14.3. The average Bonchev–Trinajstić information content (AvgIpc) is 2.76. The number of nitrogens with one attached hydrogen (secondary N) is 2. The molecule has 2 aromatic carbocycles. The molecule has 0 fully saturated rings. The highest BCUT2D eigenvalue weighted by molar-refractivity contribution is 6.21. The van der Waals surface area contributed by atoms with Gasteiger partial charge < -0.3 is 11.1 Å². The summed E-state index contributed by atoms with van der Waals surface area (Å²) in [5.74, 6) is -0.797. The second-order valence-electron chi connectivity index (χ2n) is 4.58. The maximum absolute atomic E-state index is 11.6. The second kappa shape index (κ2) is 4.65. The van der Waals surface area contributed by atoms with Crippen molar-refractivity contribution in [3.63, 3.8) is 0 Å². The molecule has 2 amide bonds. The van der Waals surface area contributed by atoms with Crippen LogP contribution in [0.2, 0.25) is 0 Å². The van der Waals surface area contributed by atoms with Crippen LogP contribution in [0, 0.1) is 11.3 Å². The predicted octanol–water partition coefficient (Wildman–Crippen LogP) is 1.77. The number of hydrogen-bond donors (Lipinski definition) is 3. The van der Waals surface area contributed by atoms with E-state index in [2.05, 4.69) is 10.6 Å². The number of rotatable bonds is 2. The monoisotopic (exact) mass is 278 g/mol. The molecule has 0 unspecified atom stereocenters. The van der Waals surface area contributed by atoms with Crippen LogP contribution in [-0.2, 0) is 0 Å². The maximum atomic E-state index is 11.6. The molecule has 21 heavy (non-hydrogen) atoms. The van der Waals surface area contributed by atoms with Crippen LogP contribution >= 0.6 is 0 Å². The first-order valence-electron chi connectivity index (χ1n) is 6.15. The van der Waals surface area contributed by atoms with Gasteiger partial charge in [0.05, 0.1) is 16.7 Å². The second-order valence-corrected chi connectivity index (χ2v) is 4.58. The Morgan fingerprint density at radius 3 is 2.43 bits per heavy atom. The summed E-state index contributed by atoms with van der Waals surface area (Å²) in [6.45, 7) is 0. The van der Waals surface area contributed by atoms with Gasteiger partial charge in [-0.05, 0) is 36.4 Å². The first-order chi connectivity index (χ1) is 10.1. The summed E-state index contributed by atoms with van der Waals surface area (Å²) in [6.07, 6.45) is 0. The van der Waals surface area contributed by atoms with Crippen LogP contribution in [0.5, 0.6) is 0 Å². The topological polar surface area (TPSA) is 108 Å². The number of amides is 2. The maximum Gasteiger partial charge on any atom is 0.259 e. The number of carbonyl (C=O) groups excluding carboxylic acids is 2. The Hall–Kier alpha value is -3.33. The molecule has 3 rings (SSSR count). The SMILES string of the molecule is N#Cc1cc(Nc2ccc3c(c2)C(=O)NC3=O)ccc1N. The largest absolute Gasteiger partial charge is 0.398 e. The van der Waals surface area contributed by atoms with Crippen LogP contribution in [0.4, 0.5) is 17.1 Å². The molecule has 0 saturated heterocycles. The van der Waals surface area contributed by atoms with Crippen LogP contribution < -0.4 is 16.4 Å². The Bertz CT molecular complexity index is 821. The molecule has 0 aromatic heterocycles. The van der Waals surface area contributed by atoms with E-state index in [1.54, 1.807) is 36.4 Å². The van der Waals surface area contributed by atoms with E-state index in [1.165, 1.54) is 0 Å². The van der Waals surface area contributed by atoms with Crippen molar-refractivity contribution in [3.8, 4) is 6.07 Å². The number of imide groups is 1. The fourth-order valence-electron chi connectivity index (χ4n) is 2.14. The molecule has 0 aliphatic carbocycles. The lowest BCUT2D eigenvalue weighted by atomic mass is 10.1. The molecular formula is C15H10N4O2. The highest BCUT2D eigenvalue weighted by Gasteiger charge is 2.26. The lowest BCUT2D eigenvalue weighted by Gasteiger charge is -2.08. The molecule has 0 atom stereocenters. The Balaban J connectivity index is 1.93. The average molecular weight is 278 g/mol. The molecular weight excluding hydrogens is 268 g/mol. The molecule has 1 aliphatic heterocycles. The number of fused-ring (bicyclic) bond motifs is 1. The van der Waals surface area contributed by atoms with E-state index < -0.39 is 5.91 Å². The quantitative estimate of drug-likeness (QED) is 0.573. The standard InChI is InChI=1S/C15H10N4O2/c16-7-8-5-9(2-4-13(8)17)18-10-1-3-11-12(6-10)15(21)19-14(11)20/h1-6,18H,17H2,(H,19,20,21). The summed E-state index contributed by atoms with van der Waals surface area (Å²) in [5.41, 5.74) is 8.45. The number of benzene rings is 2. The molecule has 1 heterocycles. The van der Waals surface area contributed by atoms with E-state index in [0.717, 1.165) is 0 Å². The molecule has 0 saturated carbocycles. The van der Waals surface area contributed by atoms with Crippen molar-refractivity contribution < 1.29 is 9.59 Å². The highest BCUT2D eigenvalue weighted by atomic mass is 16.2. The van der Waals surface area contributed by atoms with Gasteiger partial charge in [-0.15, -0.1) is 0 Å². The van der Waals surface area contributed by atoms with Gasteiger partial charge in [0.15, 0.2) is 0 Å². The van der Waals surface area contributed by atoms with Crippen LogP contribution in [0.25, 0.3) is 0 Å². The minimum Gasteiger partial charge on any atom is -0.398 e. The first kappa shape index (κ1) is 12.7. The van der Waals surface area contributed by atoms with Crippen LogP contribution in [0.3, 0.4) is 0 Å². The lowest BCUT2D eigenvalue weighted by molar-refractivity contribution is 0.0879. The van der Waals surface area contributed by atoms with Crippen LogP contribution in [0.1, 0.15) is 26.3 Å². The molecule has 1 aliphatic rings. The number of nitrogens with two attached hydrogens (primary N) is 1. The summed E-state index contributed by atoms with van der Waals surface area (Å²) in [4.78, 5) is 23.1. The van der Waals surface area contributed by atoms with Gasteiger partial charge >= 0.3 is 0 Å². The van der Waals surface area contributed by atoms with Crippen molar-refractivity contribution in [2.24, 2.45) is 0 Å². The van der Waals surface area contributed by atoms with Crippen molar-refractivity contribution in [1.29, 1.82) is 5.26 Å². The third-order valence-corrected chi connectivity index (χ3v) is 3.20. The number of carbonyl (C=O) groups is 2. The van der Waals surface area contributed by atoms with E-state index in [1.807, 2.05) is 6.07 Å². The fraction of sp³-hybridized carbons (Fsp3) is 0. The van der Waals surface area contributed by atoms with Crippen molar-refractivity contribution in [2.75, 3.05) is 11.1 Å². The molecule has 102 valence electrons. The highest BCUT2D eigenvalue weighted by Crippen LogP contribution is 2.24. The zero-order valence-corrected chi connectivity index (χ0v) is 10.8. The van der Waals surface area contributed by atoms with Gasteiger partial charge in [-0.2, -0.15) is 5.26 Å². The molecule has 6 heteroatoms. The van der Waals surface area contributed by atoms with E-state index in [-0.39, 0.29) is 5.91 Å². The third-order valence-electron chi connectivity index (χ3n) is 3.20. The third kappa shape index (κ3) is 2.17. The molecule has 4 N–H and O–H groups in total. The molecule has 6 nitrogen and oxygen atoms in total. The molecule has 0 spiro atoms. The van der Waals surface area contributed by atoms with Crippen molar-refractivity contribution >= 4 is 28.9 Å². The first-order valence-corrected chi connectivity index (χ1v) is 6.15. The number of nitrogens with zero attached hydrogens (tertiary/aromatic N) is 1. The van der Waals surface area contributed by atoms with Gasteiger partial charge in [0.2, 0.25) is 0 Å². The minimum absolute atomic E-state index is 0.334. The Labute approximate surface area is 120 Å². The number of anilines is 3. The molecule has 2 aromatic rings. The van der Waals surface area contributed by atoms with Crippen molar-refractivity contribution in [2.45, 2.75) is 0 Å². The zero-order chi connectivity index (χ0) is 15.0. The summed E-state index contributed by atoms with van der Waals surface area (Å²) < 4.78 is 0. The van der Waals surface area contributed by atoms with Crippen molar-refractivity contribution in [1.82, 2.24) is 5.32 Å². The molecule has 0 bridgehead atoms. The van der Waals surface area contributed by atoms with E-state index in [4.69, 9.17) is 11.0 Å². The Morgan fingerprint density at radius 2 is 1.67 bits per heavy atom. The summed E-state index contributed by atoms with van der Waals surface area (Å²) >= 11 is 0. The van der Waals surface area contributed by atoms with Crippen molar-refractivity contribution in [3.05, 3.63) is 53.1 Å². The number of hydrogen-bond acceptors (Lipinski definition) is 5. The Kier molecular flexibility index (Phi) is 2.81. The number of nitrogen functional groups attached to an aromatic ring is 1. The smallest absolute Gasteiger partial charge is 0.259 e. The van der Waals surface area contributed by atoms with E-state index in [0.29, 0.717) is 33.8 Å². The zero-order valence-electron chi connectivity index (χ0n) is 10.8. The Morgan fingerprint density at radius 1 is 1.00 bits per heavy atom. The van der Waals surface area contributed by atoms with E-state index >= 15 is 0 Å². The van der Waals surface area contributed by atoms with Gasteiger partial charge in [0.25, 0.3) is 11.8 Å². The van der Waals surface area contributed by atoms with E-state index in [9.17, 15) is 9.59 Å². The summed E-state index contributed by atoms with van der Waals surface area (Å²) in [7, 11) is 0. The number of nitriles is 1. The predicted molar refractivity (Wildman–Crippen MR) is 77.1 cm³/mol. The molecule has 0 radical (unpaired) electrons. The summed E-state index contributed by atoms with van der Waals surface area (Å²) in [6, 6.07) is 11.9. The van der Waals surface area contributed by atoms with Crippen LogP contribution in [-0.4, -0.2) is 11.8 Å².